The zero-order chi connectivity index (χ0) is 16.2. The number of benzene rings is 1. The number of likely N-dealkylation sites (tertiary alicyclic amines) is 1. The van der Waals surface area contributed by atoms with Crippen LogP contribution in [0, 0.1) is 5.92 Å². The van der Waals surface area contributed by atoms with E-state index in [0.29, 0.717) is 28.9 Å². The minimum absolute atomic E-state index is 0.0144. The molecule has 126 valence electrons. The van der Waals surface area contributed by atoms with Crippen LogP contribution in [0.5, 0.6) is 0 Å². The van der Waals surface area contributed by atoms with Crippen LogP contribution in [0.15, 0.2) is 18.2 Å². The summed E-state index contributed by atoms with van der Waals surface area (Å²) in [7, 11) is 0. The zero-order valence-electron chi connectivity index (χ0n) is 13.0. The molecule has 3 aliphatic rings. The summed E-state index contributed by atoms with van der Waals surface area (Å²) >= 11 is 12.2. The van der Waals surface area contributed by atoms with Crippen molar-refractivity contribution in [1.82, 2.24) is 4.90 Å². The number of piperidine rings is 1. The highest BCUT2D eigenvalue weighted by molar-refractivity contribution is 6.42. The van der Waals surface area contributed by atoms with Crippen molar-refractivity contribution in [1.29, 1.82) is 0 Å². The zero-order valence-corrected chi connectivity index (χ0v) is 14.5. The summed E-state index contributed by atoms with van der Waals surface area (Å²) in [6.45, 7) is 1.49. The molecule has 1 N–H and O–H groups in total. The molecule has 0 spiro atoms. The van der Waals surface area contributed by atoms with Gasteiger partial charge in [0.05, 0.1) is 16.1 Å². The molecule has 4 atom stereocenters. The third kappa shape index (κ3) is 2.60. The number of halogens is 3. The summed E-state index contributed by atoms with van der Waals surface area (Å²) < 4.78 is 14.0. The third-order valence-corrected chi connectivity index (χ3v) is 7.04. The molecule has 0 aromatic heterocycles. The SMILES string of the molecule is OC(CN1CC2CC(F)C1C2)C1(c2ccc(Cl)c(Cl)c2)CCC1. The molecule has 1 heterocycles. The Morgan fingerprint density at radius 2 is 2.04 bits per heavy atom. The lowest BCUT2D eigenvalue weighted by atomic mass is 9.61. The maximum atomic E-state index is 14.0. The Kier molecular flexibility index (Phi) is 4.12. The van der Waals surface area contributed by atoms with Crippen molar-refractivity contribution in [2.75, 3.05) is 13.1 Å². The Bertz CT molecular complexity index is 607. The number of β-amino-alcohol motifs (C(OH)–C–C–N with tert-alkyl or cyclic N) is 1. The van der Waals surface area contributed by atoms with Gasteiger partial charge in [-0.1, -0.05) is 35.7 Å². The van der Waals surface area contributed by atoms with E-state index in [9.17, 15) is 9.50 Å². The monoisotopic (exact) mass is 357 g/mol. The lowest BCUT2D eigenvalue weighted by molar-refractivity contribution is -0.0126. The van der Waals surface area contributed by atoms with E-state index in [-0.39, 0.29) is 11.5 Å². The molecule has 1 aromatic carbocycles. The lowest BCUT2D eigenvalue weighted by Crippen LogP contribution is -2.53. The molecule has 2 aliphatic carbocycles. The summed E-state index contributed by atoms with van der Waals surface area (Å²) in [5, 5.41) is 12.0. The second-order valence-electron chi connectivity index (χ2n) is 7.53. The number of aliphatic hydroxyl groups excluding tert-OH is 1. The normalized spacial score (nSPS) is 33.7. The maximum Gasteiger partial charge on any atom is 0.116 e. The largest absolute Gasteiger partial charge is 0.391 e. The molecule has 23 heavy (non-hydrogen) atoms. The van der Waals surface area contributed by atoms with Crippen LogP contribution in [0.1, 0.15) is 37.7 Å². The van der Waals surface area contributed by atoms with E-state index in [1.54, 1.807) is 6.07 Å². The highest BCUT2D eigenvalue weighted by Gasteiger charge is 2.50. The van der Waals surface area contributed by atoms with Crippen molar-refractivity contribution in [3.8, 4) is 0 Å². The van der Waals surface area contributed by atoms with E-state index in [1.165, 1.54) is 0 Å². The van der Waals surface area contributed by atoms with Crippen LogP contribution in [0.4, 0.5) is 4.39 Å². The van der Waals surface area contributed by atoms with Gasteiger partial charge >= 0.3 is 0 Å². The Balaban J connectivity index is 1.53. The van der Waals surface area contributed by atoms with Crippen LogP contribution < -0.4 is 0 Å². The summed E-state index contributed by atoms with van der Waals surface area (Å²) in [6, 6.07) is 5.69. The number of fused-ring (bicyclic) bond motifs is 2. The van der Waals surface area contributed by atoms with Crippen LogP contribution in [0.2, 0.25) is 10.0 Å². The fraction of sp³-hybridized carbons (Fsp3) is 0.667. The van der Waals surface area contributed by atoms with Gasteiger partial charge in [0.25, 0.3) is 0 Å². The molecule has 0 amide bonds. The molecule has 1 aliphatic heterocycles. The summed E-state index contributed by atoms with van der Waals surface area (Å²) in [4.78, 5) is 2.17. The molecule has 1 aromatic rings. The van der Waals surface area contributed by atoms with Crippen LogP contribution in [-0.2, 0) is 5.41 Å². The number of hydrogen-bond acceptors (Lipinski definition) is 2. The van der Waals surface area contributed by atoms with E-state index in [1.807, 2.05) is 12.1 Å². The van der Waals surface area contributed by atoms with Crippen molar-refractivity contribution in [3.05, 3.63) is 33.8 Å². The number of hydrogen-bond donors (Lipinski definition) is 1. The Labute approximate surface area is 146 Å². The number of rotatable bonds is 4. The molecular weight excluding hydrogens is 336 g/mol. The minimum Gasteiger partial charge on any atom is -0.391 e. The first-order valence-electron chi connectivity index (χ1n) is 8.51. The molecule has 0 radical (unpaired) electrons. The van der Waals surface area contributed by atoms with Gasteiger partial charge in [-0.3, -0.25) is 4.90 Å². The molecule has 5 heteroatoms. The molecule has 3 fully saturated rings. The van der Waals surface area contributed by atoms with E-state index in [2.05, 4.69) is 4.90 Å². The summed E-state index contributed by atoms with van der Waals surface area (Å²) in [6.07, 6.45) is 3.46. The maximum absolute atomic E-state index is 14.0. The average Bonchev–Trinajstić information content (AvgIpc) is 3.00. The molecule has 2 bridgehead atoms. The Morgan fingerprint density at radius 3 is 2.61 bits per heavy atom. The standard InChI is InChI=1S/C18H22Cl2FNO/c19-13-3-2-12(8-14(13)20)18(4-1-5-18)17(23)10-22-9-11-6-15(21)16(22)7-11/h2-3,8,11,15-17,23H,1,4-7,9-10H2. The van der Waals surface area contributed by atoms with Gasteiger partial charge in [0.15, 0.2) is 0 Å². The lowest BCUT2D eigenvalue weighted by Gasteiger charge is -2.48. The second kappa shape index (κ2) is 5.87. The van der Waals surface area contributed by atoms with E-state index >= 15 is 0 Å². The highest BCUT2D eigenvalue weighted by atomic mass is 35.5. The van der Waals surface area contributed by atoms with Gasteiger partial charge in [0, 0.05) is 24.5 Å². The van der Waals surface area contributed by atoms with Crippen LogP contribution in [0.3, 0.4) is 0 Å². The highest BCUT2D eigenvalue weighted by Crippen LogP contribution is 2.49. The fourth-order valence-electron chi connectivity index (χ4n) is 4.84. The first-order valence-corrected chi connectivity index (χ1v) is 9.27. The van der Waals surface area contributed by atoms with Crippen LogP contribution >= 0.6 is 23.2 Å². The van der Waals surface area contributed by atoms with Gasteiger partial charge in [-0.25, -0.2) is 4.39 Å². The van der Waals surface area contributed by atoms with Crippen molar-refractivity contribution < 1.29 is 9.50 Å². The van der Waals surface area contributed by atoms with Gasteiger partial charge in [-0.15, -0.1) is 0 Å². The molecule has 2 saturated carbocycles. The van der Waals surface area contributed by atoms with Crippen molar-refractivity contribution >= 4 is 23.2 Å². The third-order valence-electron chi connectivity index (χ3n) is 6.30. The predicted octanol–water partition coefficient (Wildman–Crippen LogP) is 4.21. The predicted molar refractivity (Wildman–Crippen MR) is 91.0 cm³/mol. The van der Waals surface area contributed by atoms with Gasteiger partial charge in [0.1, 0.15) is 6.17 Å². The van der Waals surface area contributed by atoms with Gasteiger partial charge in [0.2, 0.25) is 0 Å². The quantitative estimate of drug-likeness (QED) is 0.872. The van der Waals surface area contributed by atoms with Crippen LogP contribution in [0.25, 0.3) is 0 Å². The molecular formula is C18H22Cl2FNO. The van der Waals surface area contributed by atoms with E-state index in [0.717, 1.165) is 37.8 Å². The number of alkyl halides is 1. The smallest absolute Gasteiger partial charge is 0.116 e. The molecule has 4 rings (SSSR count). The molecule has 4 unspecified atom stereocenters. The minimum atomic E-state index is -0.719. The summed E-state index contributed by atoms with van der Waals surface area (Å²) in [5.41, 5.74) is 0.814. The van der Waals surface area contributed by atoms with Gasteiger partial charge < -0.3 is 5.11 Å². The fourth-order valence-corrected chi connectivity index (χ4v) is 5.14. The topological polar surface area (TPSA) is 23.5 Å². The summed E-state index contributed by atoms with van der Waals surface area (Å²) in [5.74, 6) is 0.476. The second-order valence-corrected chi connectivity index (χ2v) is 8.34. The van der Waals surface area contributed by atoms with Crippen molar-refractivity contribution in [2.24, 2.45) is 5.92 Å². The van der Waals surface area contributed by atoms with Gasteiger partial charge in [-0.2, -0.15) is 0 Å². The van der Waals surface area contributed by atoms with E-state index < -0.39 is 12.3 Å². The first kappa shape index (κ1) is 16.1. The van der Waals surface area contributed by atoms with Crippen molar-refractivity contribution in [2.45, 2.75) is 55.8 Å². The Morgan fingerprint density at radius 1 is 1.26 bits per heavy atom. The van der Waals surface area contributed by atoms with E-state index in [4.69, 9.17) is 23.2 Å². The number of aliphatic hydroxyl groups is 1. The average molecular weight is 358 g/mol. The number of nitrogens with zero attached hydrogens (tertiary/aromatic N) is 1. The first-order chi connectivity index (χ1) is 11.0. The molecule has 1 saturated heterocycles. The van der Waals surface area contributed by atoms with Crippen LogP contribution in [-0.4, -0.2) is 41.4 Å². The van der Waals surface area contributed by atoms with Gasteiger partial charge in [-0.05, 0) is 49.3 Å². The Hall–Kier alpha value is -0.350. The van der Waals surface area contributed by atoms with Crippen molar-refractivity contribution in [3.63, 3.8) is 0 Å². The molecule has 2 nitrogen and oxygen atoms in total.